The highest BCUT2D eigenvalue weighted by Crippen LogP contribution is 2.29. The Labute approximate surface area is 140 Å². The molecule has 0 bridgehead atoms. The van der Waals surface area contributed by atoms with Gasteiger partial charge in [-0.25, -0.2) is 9.97 Å². The van der Waals surface area contributed by atoms with Crippen molar-refractivity contribution in [3.8, 4) is 11.3 Å². The maximum absolute atomic E-state index is 12.2. The van der Waals surface area contributed by atoms with Gasteiger partial charge in [-0.1, -0.05) is 11.6 Å². The smallest absolute Gasteiger partial charge is 0.388 e. The quantitative estimate of drug-likeness (QED) is 0.780. The molecule has 1 heterocycles. The van der Waals surface area contributed by atoms with E-state index in [-0.39, 0.29) is 11.5 Å². The lowest BCUT2D eigenvalue weighted by Gasteiger charge is -2.11. The molecule has 2 aromatic rings. The van der Waals surface area contributed by atoms with E-state index >= 15 is 0 Å². The molecule has 1 aromatic carbocycles. The molecule has 1 amide bonds. The predicted octanol–water partition coefficient (Wildman–Crippen LogP) is 2.71. The monoisotopic (exact) mass is 359 g/mol. The zero-order chi connectivity index (χ0) is 17.9. The van der Waals surface area contributed by atoms with Gasteiger partial charge in [0.1, 0.15) is 6.54 Å². The molecule has 1 aromatic heterocycles. The number of halogens is 4. The zero-order valence-electron chi connectivity index (χ0n) is 12.4. The summed E-state index contributed by atoms with van der Waals surface area (Å²) < 4.78 is 36.6. The van der Waals surface area contributed by atoms with Gasteiger partial charge in [-0.15, -0.1) is 0 Å². The van der Waals surface area contributed by atoms with Crippen molar-refractivity contribution in [1.29, 1.82) is 0 Å². The molecule has 0 radical (unpaired) electrons. The van der Waals surface area contributed by atoms with Gasteiger partial charge in [-0.2, -0.15) is 13.2 Å². The molecule has 0 unspecified atom stereocenters. The van der Waals surface area contributed by atoms with Crippen LogP contribution in [-0.4, -0.2) is 35.6 Å². The molecule has 128 valence electrons. The molecule has 0 saturated heterocycles. The SMILES string of the molecule is CNc1ccc(-c2cnc(N)c(C(=O)NCC(F)(F)F)n2)c(Cl)c1. The van der Waals surface area contributed by atoms with Gasteiger partial charge in [0, 0.05) is 18.3 Å². The molecule has 2 rings (SSSR count). The molecule has 4 N–H and O–H groups in total. The van der Waals surface area contributed by atoms with E-state index in [1.165, 1.54) is 6.20 Å². The van der Waals surface area contributed by atoms with Crippen LogP contribution in [-0.2, 0) is 0 Å². The number of nitrogens with zero attached hydrogens (tertiary/aromatic N) is 2. The van der Waals surface area contributed by atoms with E-state index in [2.05, 4.69) is 15.3 Å². The highest BCUT2D eigenvalue weighted by Gasteiger charge is 2.28. The summed E-state index contributed by atoms with van der Waals surface area (Å²) in [6, 6.07) is 5.01. The van der Waals surface area contributed by atoms with E-state index in [1.54, 1.807) is 30.6 Å². The first kappa shape index (κ1) is 17.8. The number of hydrogen-bond acceptors (Lipinski definition) is 5. The number of anilines is 2. The molecule has 0 fully saturated rings. The second-order valence-electron chi connectivity index (χ2n) is 4.73. The molecule has 0 saturated carbocycles. The summed E-state index contributed by atoms with van der Waals surface area (Å²) in [7, 11) is 1.72. The van der Waals surface area contributed by atoms with E-state index in [0.29, 0.717) is 10.6 Å². The molecular weight excluding hydrogens is 347 g/mol. The van der Waals surface area contributed by atoms with Crippen LogP contribution in [0.3, 0.4) is 0 Å². The van der Waals surface area contributed by atoms with Crippen molar-refractivity contribution >= 4 is 29.0 Å². The Kier molecular flexibility index (Phi) is 5.13. The normalized spacial score (nSPS) is 11.2. The summed E-state index contributed by atoms with van der Waals surface area (Å²) >= 11 is 6.15. The van der Waals surface area contributed by atoms with E-state index in [1.807, 2.05) is 0 Å². The number of carbonyl (C=O) groups is 1. The van der Waals surface area contributed by atoms with Crippen LogP contribution in [0.25, 0.3) is 11.3 Å². The van der Waals surface area contributed by atoms with E-state index in [0.717, 1.165) is 5.69 Å². The van der Waals surface area contributed by atoms with Crippen molar-refractivity contribution in [2.75, 3.05) is 24.6 Å². The number of nitrogen functional groups attached to an aromatic ring is 1. The largest absolute Gasteiger partial charge is 0.405 e. The summed E-state index contributed by atoms with van der Waals surface area (Å²) in [6.45, 7) is -1.49. The first-order valence-corrected chi connectivity index (χ1v) is 7.04. The van der Waals surface area contributed by atoms with Crippen LogP contribution in [0.1, 0.15) is 10.5 Å². The average Bonchev–Trinajstić information content (AvgIpc) is 2.52. The lowest BCUT2D eigenvalue weighted by atomic mass is 10.1. The molecule has 0 aliphatic carbocycles. The fourth-order valence-corrected chi connectivity index (χ4v) is 2.12. The van der Waals surface area contributed by atoms with Gasteiger partial charge >= 0.3 is 6.18 Å². The standard InChI is InChI=1S/C14H13ClF3N5O/c1-20-7-2-3-8(9(15)4-7)10-5-21-12(19)11(23-10)13(24)22-6-14(16,17)18/h2-5,20H,6H2,1H3,(H2,19,21)(H,22,24). The number of hydrogen-bond donors (Lipinski definition) is 3. The molecule has 10 heteroatoms. The second-order valence-corrected chi connectivity index (χ2v) is 5.14. The maximum atomic E-state index is 12.2. The van der Waals surface area contributed by atoms with Crippen LogP contribution in [0, 0.1) is 0 Å². The molecule has 24 heavy (non-hydrogen) atoms. The van der Waals surface area contributed by atoms with Crippen molar-refractivity contribution in [2.45, 2.75) is 6.18 Å². The third kappa shape index (κ3) is 4.25. The minimum Gasteiger partial charge on any atom is -0.388 e. The van der Waals surface area contributed by atoms with Crippen LogP contribution < -0.4 is 16.4 Å². The first-order valence-electron chi connectivity index (χ1n) is 6.66. The van der Waals surface area contributed by atoms with Crippen molar-refractivity contribution in [3.05, 3.63) is 35.1 Å². The van der Waals surface area contributed by atoms with Gasteiger partial charge in [0.2, 0.25) is 0 Å². The molecule has 0 spiro atoms. The predicted molar refractivity (Wildman–Crippen MR) is 84.8 cm³/mol. The highest BCUT2D eigenvalue weighted by molar-refractivity contribution is 6.33. The Balaban J connectivity index is 2.33. The Hall–Kier alpha value is -2.55. The van der Waals surface area contributed by atoms with Crippen molar-refractivity contribution in [3.63, 3.8) is 0 Å². The third-order valence-electron chi connectivity index (χ3n) is 3.00. The highest BCUT2D eigenvalue weighted by atomic mass is 35.5. The lowest BCUT2D eigenvalue weighted by Crippen LogP contribution is -2.34. The summed E-state index contributed by atoms with van der Waals surface area (Å²) in [5.41, 5.74) is 6.58. The minimum atomic E-state index is -4.54. The molecule has 0 aliphatic heterocycles. The third-order valence-corrected chi connectivity index (χ3v) is 3.31. The summed E-state index contributed by atoms with van der Waals surface area (Å²) in [6.07, 6.45) is -3.25. The number of nitrogens with one attached hydrogen (secondary N) is 2. The fraction of sp³-hybridized carbons (Fsp3) is 0.214. The number of benzene rings is 1. The number of aromatic nitrogens is 2. The average molecular weight is 360 g/mol. The Morgan fingerprint density at radius 1 is 1.38 bits per heavy atom. The van der Waals surface area contributed by atoms with Gasteiger partial charge in [0.25, 0.3) is 5.91 Å². The second kappa shape index (κ2) is 6.91. The summed E-state index contributed by atoms with van der Waals surface area (Å²) in [4.78, 5) is 19.6. The molecule has 6 nitrogen and oxygen atoms in total. The van der Waals surface area contributed by atoms with Crippen molar-refractivity contribution < 1.29 is 18.0 Å². The van der Waals surface area contributed by atoms with Gasteiger partial charge < -0.3 is 16.4 Å². The van der Waals surface area contributed by atoms with Crippen LogP contribution in [0.15, 0.2) is 24.4 Å². The van der Waals surface area contributed by atoms with E-state index < -0.39 is 24.3 Å². The van der Waals surface area contributed by atoms with Crippen LogP contribution >= 0.6 is 11.6 Å². The number of carbonyl (C=O) groups excluding carboxylic acids is 1. The van der Waals surface area contributed by atoms with Gasteiger partial charge in [-0.05, 0) is 18.2 Å². The number of rotatable bonds is 4. The van der Waals surface area contributed by atoms with Crippen molar-refractivity contribution in [1.82, 2.24) is 15.3 Å². The first-order chi connectivity index (χ1) is 11.2. The topological polar surface area (TPSA) is 92.9 Å². The lowest BCUT2D eigenvalue weighted by molar-refractivity contribution is -0.123. The zero-order valence-corrected chi connectivity index (χ0v) is 13.2. The van der Waals surface area contributed by atoms with Crippen molar-refractivity contribution in [2.24, 2.45) is 0 Å². The maximum Gasteiger partial charge on any atom is 0.405 e. The van der Waals surface area contributed by atoms with E-state index in [4.69, 9.17) is 17.3 Å². The van der Waals surface area contributed by atoms with Crippen LogP contribution in [0.2, 0.25) is 5.02 Å². The van der Waals surface area contributed by atoms with Crippen LogP contribution in [0.4, 0.5) is 24.7 Å². The number of alkyl halides is 3. The molecule has 0 atom stereocenters. The Bertz CT molecular complexity index is 767. The Morgan fingerprint density at radius 2 is 2.08 bits per heavy atom. The molecular formula is C14H13ClF3N5O. The van der Waals surface area contributed by atoms with E-state index in [9.17, 15) is 18.0 Å². The summed E-state index contributed by atoms with van der Waals surface area (Å²) in [5, 5.41) is 4.94. The number of nitrogens with two attached hydrogens (primary N) is 1. The fourth-order valence-electron chi connectivity index (χ4n) is 1.84. The Morgan fingerprint density at radius 3 is 2.67 bits per heavy atom. The van der Waals surface area contributed by atoms with Gasteiger partial charge in [-0.3, -0.25) is 4.79 Å². The minimum absolute atomic E-state index is 0.217. The van der Waals surface area contributed by atoms with Gasteiger partial charge in [0.05, 0.1) is 16.9 Å². The molecule has 0 aliphatic rings. The van der Waals surface area contributed by atoms with Gasteiger partial charge in [0.15, 0.2) is 11.5 Å². The summed E-state index contributed by atoms with van der Waals surface area (Å²) in [5.74, 6) is -1.34. The number of amides is 1. The van der Waals surface area contributed by atoms with Crippen LogP contribution in [0.5, 0.6) is 0 Å².